The van der Waals surface area contributed by atoms with E-state index in [0.717, 1.165) is 12.0 Å². The summed E-state index contributed by atoms with van der Waals surface area (Å²) >= 11 is 0. The minimum Gasteiger partial charge on any atom is -0.508 e. The topological polar surface area (TPSA) is 32.3 Å². The Hall–Kier alpha value is -1.02. The highest BCUT2D eigenvalue weighted by atomic mass is 16.3. The van der Waals surface area contributed by atoms with Gasteiger partial charge in [-0.05, 0) is 26.3 Å². The second kappa shape index (κ2) is 5.01. The highest BCUT2D eigenvalue weighted by molar-refractivity contribution is 5.34. The predicted molar refractivity (Wildman–Crippen MR) is 59.4 cm³/mol. The van der Waals surface area contributed by atoms with Gasteiger partial charge in [0.1, 0.15) is 5.75 Å². The molecule has 0 spiro atoms. The van der Waals surface area contributed by atoms with Gasteiger partial charge in [-0.25, -0.2) is 0 Å². The van der Waals surface area contributed by atoms with Crippen LogP contribution in [0, 0.1) is 0 Å². The van der Waals surface area contributed by atoms with Gasteiger partial charge in [0, 0.05) is 17.6 Å². The van der Waals surface area contributed by atoms with Crippen LogP contribution in [-0.2, 0) is 0 Å². The van der Waals surface area contributed by atoms with E-state index < -0.39 is 0 Å². The van der Waals surface area contributed by atoms with E-state index in [1.165, 1.54) is 0 Å². The zero-order valence-corrected chi connectivity index (χ0v) is 9.12. The van der Waals surface area contributed by atoms with E-state index in [4.69, 9.17) is 0 Å². The quantitative estimate of drug-likeness (QED) is 0.770. The number of hydrogen-bond donors (Lipinski definition) is 2. The van der Waals surface area contributed by atoms with Gasteiger partial charge in [-0.3, -0.25) is 0 Å². The Bertz CT molecular complexity index is 285. The van der Waals surface area contributed by atoms with Crippen LogP contribution in [0.15, 0.2) is 24.3 Å². The molecule has 2 nitrogen and oxygen atoms in total. The van der Waals surface area contributed by atoms with E-state index >= 15 is 0 Å². The number of para-hydroxylation sites is 1. The molecule has 1 aromatic carbocycles. The van der Waals surface area contributed by atoms with Crippen molar-refractivity contribution in [1.29, 1.82) is 0 Å². The van der Waals surface area contributed by atoms with Gasteiger partial charge in [0.25, 0.3) is 0 Å². The van der Waals surface area contributed by atoms with Gasteiger partial charge in [0.15, 0.2) is 0 Å². The number of nitrogens with one attached hydrogen (secondary N) is 1. The first-order chi connectivity index (χ1) is 6.65. The molecule has 0 saturated heterocycles. The smallest absolute Gasteiger partial charge is 0.120 e. The summed E-state index contributed by atoms with van der Waals surface area (Å²) in [6, 6.07) is 8.15. The number of rotatable bonds is 4. The first-order valence-electron chi connectivity index (χ1n) is 5.19. The minimum atomic E-state index is 0.200. The summed E-state index contributed by atoms with van der Waals surface area (Å²) in [5.41, 5.74) is 0.966. The van der Waals surface area contributed by atoms with E-state index in [1.54, 1.807) is 6.07 Å². The fourth-order valence-corrected chi connectivity index (χ4v) is 1.49. The summed E-state index contributed by atoms with van der Waals surface area (Å²) in [5.74, 6) is 0.371. The Balaban J connectivity index is 2.69. The van der Waals surface area contributed by atoms with Crippen molar-refractivity contribution in [3.05, 3.63) is 29.8 Å². The van der Waals surface area contributed by atoms with Crippen molar-refractivity contribution in [1.82, 2.24) is 5.32 Å². The normalized spacial score (nSPS) is 15.1. The highest BCUT2D eigenvalue weighted by Gasteiger charge is 2.10. The van der Waals surface area contributed by atoms with Gasteiger partial charge < -0.3 is 10.4 Å². The highest BCUT2D eigenvalue weighted by Crippen LogP contribution is 2.23. The lowest BCUT2D eigenvalue weighted by Gasteiger charge is -2.19. The van der Waals surface area contributed by atoms with Gasteiger partial charge in [0.05, 0.1) is 0 Å². The van der Waals surface area contributed by atoms with E-state index in [1.807, 2.05) is 18.2 Å². The third-order valence-electron chi connectivity index (χ3n) is 2.55. The van der Waals surface area contributed by atoms with E-state index in [0.29, 0.717) is 11.8 Å². The van der Waals surface area contributed by atoms with Gasteiger partial charge in [-0.15, -0.1) is 0 Å². The average Bonchev–Trinajstić information content (AvgIpc) is 2.18. The average molecular weight is 193 g/mol. The van der Waals surface area contributed by atoms with Crippen molar-refractivity contribution in [2.75, 3.05) is 0 Å². The third-order valence-corrected chi connectivity index (χ3v) is 2.55. The molecule has 0 amide bonds. The maximum absolute atomic E-state index is 9.63. The first-order valence-corrected chi connectivity index (χ1v) is 5.19. The monoisotopic (exact) mass is 193 g/mol. The van der Waals surface area contributed by atoms with Crippen LogP contribution in [0.2, 0.25) is 0 Å². The van der Waals surface area contributed by atoms with Gasteiger partial charge in [-0.1, -0.05) is 25.1 Å². The molecule has 1 aromatic rings. The number of phenolic OH excluding ortho intramolecular Hbond substituents is 1. The van der Waals surface area contributed by atoms with E-state index in [2.05, 4.69) is 26.1 Å². The SMILES string of the molecule is CC[C@H](C)N[C@@H](C)c1ccccc1O. The lowest BCUT2D eigenvalue weighted by Crippen LogP contribution is -2.28. The Morgan fingerprint density at radius 2 is 1.93 bits per heavy atom. The summed E-state index contributed by atoms with van der Waals surface area (Å²) in [6.45, 7) is 6.37. The van der Waals surface area contributed by atoms with Gasteiger partial charge in [0.2, 0.25) is 0 Å². The fraction of sp³-hybridized carbons (Fsp3) is 0.500. The molecule has 0 aliphatic heterocycles. The Labute approximate surface area is 86.0 Å². The molecule has 0 unspecified atom stereocenters. The Morgan fingerprint density at radius 3 is 2.50 bits per heavy atom. The predicted octanol–water partition coefficient (Wildman–Crippen LogP) is 2.84. The maximum Gasteiger partial charge on any atom is 0.120 e. The van der Waals surface area contributed by atoms with Crippen LogP contribution in [0.1, 0.15) is 38.8 Å². The standard InChI is InChI=1S/C12H19NO/c1-4-9(2)13-10(3)11-7-5-6-8-12(11)14/h5-10,13-14H,4H2,1-3H3/t9-,10-/m0/s1. The Morgan fingerprint density at radius 1 is 1.29 bits per heavy atom. The molecule has 2 N–H and O–H groups in total. The van der Waals surface area contributed by atoms with Crippen LogP contribution in [0.25, 0.3) is 0 Å². The van der Waals surface area contributed by atoms with Crippen LogP contribution in [0.3, 0.4) is 0 Å². The van der Waals surface area contributed by atoms with E-state index in [-0.39, 0.29) is 6.04 Å². The molecule has 0 radical (unpaired) electrons. The fourth-order valence-electron chi connectivity index (χ4n) is 1.49. The van der Waals surface area contributed by atoms with Gasteiger partial charge >= 0.3 is 0 Å². The second-order valence-corrected chi connectivity index (χ2v) is 3.76. The molecule has 0 aliphatic rings. The molecule has 0 saturated carbocycles. The van der Waals surface area contributed by atoms with Crippen molar-refractivity contribution < 1.29 is 5.11 Å². The molecular weight excluding hydrogens is 174 g/mol. The molecule has 0 aliphatic carbocycles. The molecule has 0 bridgehead atoms. The van der Waals surface area contributed by atoms with E-state index in [9.17, 15) is 5.11 Å². The largest absolute Gasteiger partial charge is 0.508 e. The zero-order chi connectivity index (χ0) is 10.6. The van der Waals surface area contributed by atoms with Crippen molar-refractivity contribution in [2.45, 2.75) is 39.3 Å². The number of hydrogen-bond acceptors (Lipinski definition) is 2. The first kappa shape index (κ1) is 11.1. The van der Waals surface area contributed by atoms with Crippen LogP contribution < -0.4 is 5.32 Å². The number of aromatic hydroxyl groups is 1. The van der Waals surface area contributed by atoms with Crippen LogP contribution in [0.4, 0.5) is 0 Å². The third kappa shape index (κ3) is 2.74. The zero-order valence-electron chi connectivity index (χ0n) is 9.12. The van der Waals surface area contributed by atoms with Crippen molar-refractivity contribution in [3.63, 3.8) is 0 Å². The summed E-state index contributed by atoms with van der Waals surface area (Å²) in [5, 5.41) is 13.1. The Kier molecular flexibility index (Phi) is 3.96. The summed E-state index contributed by atoms with van der Waals surface area (Å²) < 4.78 is 0. The number of phenols is 1. The molecular formula is C12H19NO. The molecule has 0 heterocycles. The lowest BCUT2D eigenvalue weighted by atomic mass is 10.1. The van der Waals surface area contributed by atoms with Crippen LogP contribution in [-0.4, -0.2) is 11.1 Å². The van der Waals surface area contributed by atoms with Crippen molar-refractivity contribution in [3.8, 4) is 5.75 Å². The lowest BCUT2D eigenvalue weighted by molar-refractivity contribution is 0.430. The van der Waals surface area contributed by atoms with Gasteiger partial charge in [-0.2, -0.15) is 0 Å². The molecule has 78 valence electrons. The molecule has 0 aromatic heterocycles. The van der Waals surface area contributed by atoms with Crippen LogP contribution >= 0.6 is 0 Å². The van der Waals surface area contributed by atoms with Crippen LogP contribution in [0.5, 0.6) is 5.75 Å². The molecule has 2 atom stereocenters. The van der Waals surface area contributed by atoms with Crippen molar-refractivity contribution in [2.24, 2.45) is 0 Å². The second-order valence-electron chi connectivity index (χ2n) is 3.76. The number of benzene rings is 1. The summed E-state index contributed by atoms with van der Waals surface area (Å²) in [4.78, 5) is 0. The molecule has 1 rings (SSSR count). The van der Waals surface area contributed by atoms with Crippen molar-refractivity contribution >= 4 is 0 Å². The summed E-state index contributed by atoms with van der Waals surface area (Å²) in [6.07, 6.45) is 1.10. The molecule has 14 heavy (non-hydrogen) atoms. The molecule has 2 heteroatoms. The maximum atomic E-state index is 9.63. The summed E-state index contributed by atoms with van der Waals surface area (Å²) in [7, 11) is 0. The molecule has 0 fully saturated rings. The minimum absolute atomic E-state index is 0.200.